The van der Waals surface area contributed by atoms with Crippen LogP contribution in [-0.4, -0.2) is 25.2 Å². The first-order valence-corrected chi connectivity index (χ1v) is 4.33. The van der Waals surface area contributed by atoms with Gasteiger partial charge in [-0.25, -0.2) is 0 Å². The molecular weight excluding hydrogens is 198 g/mol. The van der Waals surface area contributed by atoms with Crippen LogP contribution in [0.3, 0.4) is 0 Å². The van der Waals surface area contributed by atoms with Crippen molar-refractivity contribution in [2.75, 3.05) is 0 Å². The quantitative estimate of drug-likeness (QED) is 0.714. The van der Waals surface area contributed by atoms with Crippen molar-refractivity contribution in [2.24, 2.45) is 5.73 Å². The summed E-state index contributed by atoms with van der Waals surface area (Å²) in [7, 11) is 0. The maximum Gasteiger partial charge on any atom is 0.232 e. The Hall–Kier alpha value is -1.82. The molecule has 5 nitrogen and oxygen atoms in total. The highest BCUT2D eigenvalue weighted by molar-refractivity contribution is 7.80. The van der Waals surface area contributed by atoms with Crippen LogP contribution >= 0.6 is 12.2 Å². The molecule has 0 radical (unpaired) electrons. The Morgan fingerprint density at radius 1 is 1.29 bits per heavy atom. The van der Waals surface area contributed by atoms with Crippen molar-refractivity contribution in [1.29, 1.82) is 0 Å². The molecule has 0 aliphatic carbocycles. The number of nitrogens with zero attached hydrogens (tertiary/aromatic N) is 4. The van der Waals surface area contributed by atoms with Crippen molar-refractivity contribution in [3.8, 4) is 5.69 Å². The van der Waals surface area contributed by atoms with E-state index in [4.69, 9.17) is 18.0 Å². The lowest BCUT2D eigenvalue weighted by Crippen LogP contribution is -2.12. The molecule has 6 heteroatoms. The summed E-state index contributed by atoms with van der Waals surface area (Å²) in [6.07, 6.45) is 0. The summed E-state index contributed by atoms with van der Waals surface area (Å²) in [6.45, 7) is 0. The van der Waals surface area contributed by atoms with Gasteiger partial charge in [0.15, 0.2) is 0 Å². The molecule has 0 aliphatic heterocycles. The minimum absolute atomic E-state index is 0.146. The van der Waals surface area contributed by atoms with E-state index in [1.165, 1.54) is 4.80 Å². The normalized spacial score (nSPS) is 10.0. The third-order valence-electron chi connectivity index (χ3n) is 1.62. The molecule has 0 saturated carbocycles. The molecule has 1 aromatic carbocycles. The van der Waals surface area contributed by atoms with Crippen LogP contribution < -0.4 is 5.73 Å². The van der Waals surface area contributed by atoms with E-state index in [1.54, 1.807) is 0 Å². The second kappa shape index (κ2) is 3.51. The lowest BCUT2D eigenvalue weighted by molar-refractivity contribution is 0.719. The van der Waals surface area contributed by atoms with Gasteiger partial charge < -0.3 is 5.73 Å². The van der Waals surface area contributed by atoms with Gasteiger partial charge in [-0.05, 0) is 17.3 Å². The molecule has 2 rings (SSSR count). The Morgan fingerprint density at radius 2 is 2.00 bits per heavy atom. The van der Waals surface area contributed by atoms with Gasteiger partial charge in [0, 0.05) is 0 Å². The van der Waals surface area contributed by atoms with Gasteiger partial charge in [-0.15, -0.1) is 15.0 Å². The van der Waals surface area contributed by atoms with Crippen molar-refractivity contribution >= 4 is 17.2 Å². The van der Waals surface area contributed by atoms with Crippen molar-refractivity contribution in [1.82, 2.24) is 20.2 Å². The van der Waals surface area contributed by atoms with Gasteiger partial charge in [0.25, 0.3) is 0 Å². The Morgan fingerprint density at radius 3 is 2.57 bits per heavy atom. The number of aromatic nitrogens is 4. The molecule has 0 bridgehead atoms. The van der Waals surface area contributed by atoms with Gasteiger partial charge in [-0.2, -0.15) is 0 Å². The molecule has 0 unspecified atom stereocenters. The van der Waals surface area contributed by atoms with Gasteiger partial charge in [-0.3, -0.25) is 0 Å². The smallest absolute Gasteiger partial charge is 0.232 e. The van der Waals surface area contributed by atoms with E-state index in [9.17, 15) is 0 Å². The number of benzene rings is 1. The summed E-state index contributed by atoms with van der Waals surface area (Å²) < 4.78 is 0. The lowest BCUT2D eigenvalue weighted by atomic mass is 10.3. The van der Waals surface area contributed by atoms with Crippen LogP contribution in [0.1, 0.15) is 5.82 Å². The standard InChI is InChI=1S/C8H7N5S/c9-7(14)8-10-12-13(11-8)6-4-2-1-3-5-6/h1-5H,(H2,9,14). The Kier molecular flexibility index (Phi) is 2.19. The minimum atomic E-state index is 0.146. The summed E-state index contributed by atoms with van der Waals surface area (Å²) in [5.41, 5.74) is 6.18. The van der Waals surface area contributed by atoms with Crippen LogP contribution in [0.4, 0.5) is 0 Å². The second-order valence-electron chi connectivity index (χ2n) is 2.60. The number of hydrogen-bond donors (Lipinski definition) is 1. The minimum Gasteiger partial charge on any atom is -0.387 e. The summed E-state index contributed by atoms with van der Waals surface area (Å²) in [6, 6.07) is 9.42. The zero-order valence-corrected chi connectivity index (χ0v) is 7.98. The van der Waals surface area contributed by atoms with Crippen LogP contribution in [0.5, 0.6) is 0 Å². The largest absolute Gasteiger partial charge is 0.387 e. The molecule has 2 aromatic rings. The first-order valence-electron chi connectivity index (χ1n) is 3.92. The average Bonchev–Trinajstić information content (AvgIpc) is 2.68. The number of thiocarbonyl (C=S) groups is 1. The predicted molar refractivity (Wildman–Crippen MR) is 55.0 cm³/mol. The molecule has 0 amide bonds. The van der Waals surface area contributed by atoms with Gasteiger partial charge in [0.05, 0.1) is 5.69 Å². The number of rotatable bonds is 2. The van der Waals surface area contributed by atoms with E-state index in [1.807, 2.05) is 30.3 Å². The number of tetrazole rings is 1. The van der Waals surface area contributed by atoms with Crippen molar-refractivity contribution in [2.45, 2.75) is 0 Å². The highest BCUT2D eigenvalue weighted by Gasteiger charge is 2.05. The van der Waals surface area contributed by atoms with Crippen LogP contribution in [-0.2, 0) is 0 Å². The maximum atomic E-state index is 5.36. The van der Waals surface area contributed by atoms with Crippen molar-refractivity contribution in [3.63, 3.8) is 0 Å². The molecule has 2 N–H and O–H groups in total. The lowest BCUT2D eigenvalue weighted by Gasteiger charge is -1.94. The summed E-state index contributed by atoms with van der Waals surface area (Å²) in [4.78, 5) is 1.53. The van der Waals surface area contributed by atoms with Gasteiger partial charge >= 0.3 is 0 Å². The number of para-hydroxylation sites is 1. The summed E-state index contributed by atoms with van der Waals surface area (Å²) >= 11 is 4.72. The Balaban J connectivity index is 2.39. The maximum absolute atomic E-state index is 5.36. The number of nitrogens with two attached hydrogens (primary N) is 1. The van der Waals surface area contributed by atoms with E-state index >= 15 is 0 Å². The van der Waals surface area contributed by atoms with Crippen molar-refractivity contribution in [3.05, 3.63) is 36.2 Å². The molecule has 0 saturated heterocycles. The third-order valence-corrected chi connectivity index (χ3v) is 1.80. The molecule has 0 atom stereocenters. The Labute approximate surface area is 85.5 Å². The van der Waals surface area contributed by atoms with Crippen LogP contribution in [0, 0.1) is 0 Å². The first kappa shape index (κ1) is 8.76. The summed E-state index contributed by atoms with van der Waals surface area (Å²) in [5.74, 6) is 0.281. The fourth-order valence-corrected chi connectivity index (χ4v) is 1.07. The van der Waals surface area contributed by atoms with Crippen LogP contribution in [0.15, 0.2) is 30.3 Å². The predicted octanol–water partition coefficient (Wildman–Crippen LogP) is 0.296. The molecule has 14 heavy (non-hydrogen) atoms. The SMILES string of the molecule is NC(=S)c1nnn(-c2ccccc2)n1. The first-order chi connectivity index (χ1) is 6.77. The van der Waals surface area contributed by atoms with Crippen molar-refractivity contribution < 1.29 is 0 Å². The topological polar surface area (TPSA) is 69.6 Å². The van der Waals surface area contributed by atoms with E-state index in [0.29, 0.717) is 0 Å². The molecule has 1 heterocycles. The van der Waals surface area contributed by atoms with Gasteiger partial charge in [0.1, 0.15) is 4.99 Å². The fourth-order valence-electron chi connectivity index (χ4n) is 0.984. The van der Waals surface area contributed by atoms with E-state index in [2.05, 4.69) is 15.4 Å². The zero-order chi connectivity index (χ0) is 9.97. The fraction of sp³-hybridized carbons (Fsp3) is 0. The van der Waals surface area contributed by atoms with Crippen LogP contribution in [0.25, 0.3) is 5.69 Å². The zero-order valence-electron chi connectivity index (χ0n) is 7.16. The molecule has 1 aromatic heterocycles. The van der Waals surface area contributed by atoms with E-state index < -0.39 is 0 Å². The van der Waals surface area contributed by atoms with Gasteiger partial charge in [-0.1, -0.05) is 30.4 Å². The highest BCUT2D eigenvalue weighted by Crippen LogP contribution is 2.02. The third kappa shape index (κ3) is 1.60. The molecule has 70 valence electrons. The Bertz CT molecular complexity index is 450. The monoisotopic (exact) mass is 205 g/mol. The van der Waals surface area contributed by atoms with E-state index in [-0.39, 0.29) is 10.8 Å². The van der Waals surface area contributed by atoms with E-state index in [0.717, 1.165) is 5.69 Å². The molecule has 0 spiro atoms. The van der Waals surface area contributed by atoms with Crippen LogP contribution in [0.2, 0.25) is 0 Å². The molecular formula is C8H7N5S. The highest BCUT2D eigenvalue weighted by atomic mass is 32.1. The molecule has 0 aliphatic rings. The number of hydrogen-bond acceptors (Lipinski definition) is 4. The summed E-state index contributed by atoms with van der Waals surface area (Å²) in [5, 5.41) is 11.5. The second-order valence-corrected chi connectivity index (χ2v) is 3.04. The average molecular weight is 205 g/mol. The van der Waals surface area contributed by atoms with Gasteiger partial charge in [0.2, 0.25) is 5.82 Å². The molecule has 0 fully saturated rings.